The van der Waals surface area contributed by atoms with Gasteiger partial charge in [0.2, 0.25) is 5.91 Å². The van der Waals surface area contributed by atoms with Crippen LogP contribution in [-0.4, -0.2) is 60.1 Å². The van der Waals surface area contributed by atoms with E-state index in [0.717, 1.165) is 48.2 Å². The zero-order chi connectivity index (χ0) is 15.4. The molecule has 3 rings (SSSR count). The molecule has 1 N–H and O–H groups in total. The molecular weight excluding hydrogens is 316 g/mol. The zero-order valence-electron chi connectivity index (χ0n) is 12.8. The van der Waals surface area contributed by atoms with E-state index in [1.165, 1.54) is 0 Å². The number of nitrogens with zero attached hydrogens (tertiary/aromatic N) is 1. The van der Waals surface area contributed by atoms with Gasteiger partial charge >= 0.3 is 0 Å². The summed E-state index contributed by atoms with van der Waals surface area (Å²) in [6, 6.07) is 8.08. The molecule has 22 heavy (non-hydrogen) atoms. The van der Waals surface area contributed by atoms with Gasteiger partial charge in [0.05, 0.1) is 18.4 Å². The number of hydrogen-bond acceptors (Lipinski definition) is 5. The van der Waals surface area contributed by atoms with Crippen molar-refractivity contribution >= 4 is 29.4 Å². The van der Waals surface area contributed by atoms with Gasteiger partial charge in [0.15, 0.2) is 0 Å². The Bertz CT molecular complexity index is 521. The van der Waals surface area contributed by atoms with E-state index in [9.17, 15) is 4.79 Å². The lowest BCUT2D eigenvalue weighted by Gasteiger charge is -2.39. The molecule has 0 aromatic heterocycles. The topological polar surface area (TPSA) is 41.6 Å². The maximum absolute atomic E-state index is 13.0. The van der Waals surface area contributed by atoms with Gasteiger partial charge in [-0.2, -0.15) is 11.8 Å². The van der Waals surface area contributed by atoms with Crippen LogP contribution >= 0.6 is 23.5 Å². The molecule has 2 aliphatic heterocycles. The third-order valence-corrected chi connectivity index (χ3v) is 6.86. The Morgan fingerprint density at radius 3 is 3.00 bits per heavy atom. The van der Waals surface area contributed by atoms with Crippen LogP contribution in [0.3, 0.4) is 0 Å². The molecule has 2 aliphatic rings. The minimum atomic E-state index is 0.0601. The van der Waals surface area contributed by atoms with Gasteiger partial charge in [-0.15, -0.1) is 11.8 Å². The molecular formula is C16H22N2O2S2. The number of amides is 1. The van der Waals surface area contributed by atoms with Crippen molar-refractivity contribution in [2.45, 2.75) is 11.3 Å². The maximum Gasteiger partial charge on any atom is 0.237 e. The van der Waals surface area contributed by atoms with E-state index in [4.69, 9.17) is 4.74 Å². The summed E-state index contributed by atoms with van der Waals surface area (Å²) in [4.78, 5) is 15.0. The van der Waals surface area contributed by atoms with Crippen molar-refractivity contribution in [3.63, 3.8) is 0 Å². The molecule has 1 amide bonds. The van der Waals surface area contributed by atoms with Gasteiger partial charge in [0, 0.05) is 42.5 Å². The molecule has 2 atom stereocenters. The molecule has 0 aliphatic carbocycles. The van der Waals surface area contributed by atoms with E-state index in [2.05, 4.69) is 16.3 Å². The normalized spacial score (nSPS) is 25.8. The zero-order valence-corrected chi connectivity index (χ0v) is 14.4. The summed E-state index contributed by atoms with van der Waals surface area (Å²) in [6.07, 6.45) is 0. The Balaban J connectivity index is 1.83. The Morgan fingerprint density at radius 1 is 1.36 bits per heavy atom. The van der Waals surface area contributed by atoms with Crippen LogP contribution < -0.4 is 10.1 Å². The lowest BCUT2D eigenvalue weighted by Crippen LogP contribution is -2.52. The van der Waals surface area contributed by atoms with E-state index in [1.807, 2.05) is 41.7 Å². The summed E-state index contributed by atoms with van der Waals surface area (Å²) in [6.45, 7) is 2.42. The highest BCUT2D eigenvalue weighted by Crippen LogP contribution is 2.33. The number of nitrogens with one attached hydrogen (secondary N) is 1. The van der Waals surface area contributed by atoms with Crippen LogP contribution in [0, 0.1) is 0 Å². The highest BCUT2D eigenvalue weighted by Gasteiger charge is 2.34. The van der Waals surface area contributed by atoms with Crippen molar-refractivity contribution in [1.82, 2.24) is 10.2 Å². The Morgan fingerprint density at radius 2 is 2.23 bits per heavy atom. The first-order chi connectivity index (χ1) is 10.8. The van der Waals surface area contributed by atoms with Crippen LogP contribution in [0.25, 0.3) is 0 Å². The van der Waals surface area contributed by atoms with E-state index in [1.54, 1.807) is 7.11 Å². The van der Waals surface area contributed by atoms with Crippen LogP contribution in [0.5, 0.6) is 5.75 Å². The summed E-state index contributed by atoms with van der Waals surface area (Å²) < 4.78 is 5.50. The van der Waals surface area contributed by atoms with Crippen molar-refractivity contribution in [1.29, 1.82) is 0 Å². The predicted octanol–water partition coefficient (Wildman–Crippen LogP) is 2.02. The van der Waals surface area contributed by atoms with Gasteiger partial charge in [-0.25, -0.2) is 0 Å². The average Bonchev–Trinajstić information content (AvgIpc) is 2.62. The fourth-order valence-corrected chi connectivity index (χ4v) is 5.62. The fraction of sp³-hybridized carbons (Fsp3) is 0.562. The summed E-state index contributed by atoms with van der Waals surface area (Å²) in [5, 5.41) is 3.52. The van der Waals surface area contributed by atoms with Gasteiger partial charge < -0.3 is 15.0 Å². The lowest BCUT2D eigenvalue weighted by atomic mass is 10.0. The number of carbonyl (C=O) groups is 1. The van der Waals surface area contributed by atoms with Crippen LogP contribution in [0.4, 0.5) is 0 Å². The predicted molar refractivity (Wildman–Crippen MR) is 93.9 cm³/mol. The highest BCUT2D eigenvalue weighted by molar-refractivity contribution is 8.07. The number of methoxy groups -OCH3 is 1. The molecule has 6 heteroatoms. The number of piperazine rings is 1. The molecule has 0 saturated carbocycles. The van der Waals surface area contributed by atoms with Crippen molar-refractivity contribution in [3.8, 4) is 5.75 Å². The van der Waals surface area contributed by atoms with E-state index in [-0.39, 0.29) is 17.2 Å². The Hall–Kier alpha value is -0.850. The standard InChI is InChI=1S/C16H22N2O2S2/c1-20-14-5-3-2-4-12(14)13-10-17-6-7-18(13)16(19)15-11-21-8-9-22-15/h2-5,13,15,17H,6-11H2,1H3. The molecule has 0 spiro atoms. The lowest BCUT2D eigenvalue weighted by molar-refractivity contribution is -0.133. The molecule has 2 unspecified atom stereocenters. The first kappa shape index (κ1) is 16.0. The SMILES string of the molecule is COc1ccccc1C1CNCCN1C(=O)C1CSCCS1. The number of hydrogen-bond donors (Lipinski definition) is 1. The quantitative estimate of drug-likeness (QED) is 0.913. The first-order valence-corrected chi connectivity index (χ1v) is 9.85. The first-order valence-electron chi connectivity index (χ1n) is 7.64. The van der Waals surface area contributed by atoms with Gasteiger partial charge in [0.25, 0.3) is 0 Å². The van der Waals surface area contributed by atoms with Crippen molar-refractivity contribution in [2.75, 3.05) is 44.0 Å². The molecule has 120 valence electrons. The molecule has 0 radical (unpaired) electrons. The smallest absolute Gasteiger partial charge is 0.237 e. The van der Waals surface area contributed by atoms with Crippen LogP contribution in [-0.2, 0) is 4.79 Å². The molecule has 2 fully saturated rings. The summed E-state index contributed by atoms with van der Waals surface area (Å²) >= 11 is 3.70. The molecule has 1 aromatic rings. The van der Waals surface area contributed by atoms with Crippen molar-refractivity contribution < 1.29 is 9.53 Å². The second-order valence-corrected chi connectivity index (χ2v) is 7.89. The van der Waals surface area contributed by atoms with Gasteiger partial charge in [-0.1, -0.05) is 18.2 Å². The Labute approximate surface area is 140 Å². The molecule has 0 bridgehead atoms. The number of thioether (sulfide) groups is 2. The number of benzene rings is 1. The largest absolute Gasteiger partial charge is 0.496 e. The second kappa shape index (κ2) is 7.62. The average molecular weight is 338 g/mol. The number of ether oxygens (including phenoxy) is 1. The summed E-state index contributed by atoms with van der Waals surface area (Å²) in [5.41, 5.74) is 1.10. The minimum Gasteiger partial charge on any atom is -0.496 e. The van der Waals surface area contributed by atoms with E-state index < -0.39 is 0 Å². The minimum absolute atomic E-state index is 0.0601. The van der Waals surface area contributed by atoms with Crippen molar-refractivity contribution in [3.05, 3.63) is 29.8 Å². The van der Waals surface area contributed by atoms with Gasteiger partial charge in [-0.05, 0) is 6.07 Å². The van der Waals surface area contributed by atoms with E-state index in [0.29, 0.717) is 0 Å². The highest BCUT2D eigenvalue weighted by atomic mass is 32.2. The number of carbonyl (C=O) groups excluding carboxylic acids is 1. The maximum atomic E-state index is 13.0. The van der Waals surface area contributed by atoms with Crippen molar-refractivity contribution in [2.24, 2.45) is 0 Å². The Kier molecular flexibility index (Phi) is 5.55. The van der Waals surface area contributed by atoms with Crippen LogP contribution in [0.2, 0.25) is 0 Å². The third-order valence-electron chi connectivity index (χ3n) is 4.12. The summed E-state index contributed by atoms with van der Waals surface area (Å²) in [5.74, 6) is 4.32. The van der Waals surface area contributed by atoms with Gasteiger partial charge in [0.1, 0.15) is 5.75 Å². The van der Waals surface area contributed by atoms with Gasteiger partial charge in [-0.3, -0.25) is 4.79 Å². The monoisotopic (exact) mass is 338 g/mol. The third kappa shape index (κ3) is 3.39. The molecule has 1 aromatic carbocycles. The molecule has 2 heterocycles. The van der Waals surface area contributed by atoms with Crippen LogP contribution in [0.1, 0.15) is 11.6 Å². The fourth-order valence-electron chi connectivity index (χ4n) is 3.00. The second-order valence-electron chi connectivity index (χ2n) is 5.43. The summed E-state index contributed by atoms with van der Waals surface area (Å²) in [7, 11) is 1.69. The number of rotatable bonds is 3. The molecule has 4 nitrogen and oxygen atoms in total. The number of para-hydroxylation sites is 1. The van der Waals surface area contributed by atoms with E-state index >= 15 is 0 Å². The van der Waals surface area contributed by atoms with Crippen LogP contribution in [0.15, 0.2) is 24.3 Å². The molecule has 2 saturated heterocycles.